The van der Waals surface area contributed by atoms with E-state index in [0.717, 1.165) is 0 Å². The standard InChI is InChI=1S/C3H10N2O2.3CH4/c4-1-6-3-7-2-5;;;/h1-5H2;3*1H4. The van der Waals surface area contributed by atoms with E-state index in [1.165, 1.54) is 0 Å². The second-order valence-electron chi connectivity index (χ2n) is 0.859. The first-order valence-corrected chi connectivity index (χ1v) is 1.97. The Labute approximate surface area is 64.5 Å². The topological polar surface area (TPSA) is 70.5 Å². The number of hydrogen-bond donors (Lipinski definition) is 2. The van der Waals surface area contributed by atoms with Crippen LogP contribution in [0.4, 0.5) is 0 Å². The molecule has 4 N–H and O–H groups in total. The van der Waals surface area contributed by atoms with Crippen molar-refractivity contribution in [2.75, 3.05) is 20.3 Å². The van der Waals surface area contributed by atoms with Gasteiger partial charge in [-0.3, -0.25) is 0 Å². The molecule has 0 radical (unpaired) electrons. The summed E-state index contributed by atoms with van der Waals surface area (Å²) in [4.78, 5) is 0. The van der Waals surface area contributed by atoms with Crippen LogP contribution in [0.25, 0.3) is 0 Å². The Morgan fingerprint density at radius 3 is 1.30 bits per heavy atom. The van der Waals surface area contributed by atoms with Crippen molar-refractivity contribution in [3.63, 3.8) is 0 Å². The molecule has 0 spiro atoms. The first kappa shape index (κ1) is 22.5. The van der Waals surface area contributed by atoms with Crippen LogP contribution in [-0.2, 0) is 9.47 Å². The maximum absolute atomic E-state index is 4.93. The van der Waals surface area contributed by atoms with Gasteiger partial charge in [0.15, 0.2) is 0 Å². The van der Waals surface area contributed by atoms with Crippen LogP contribution in [0, 0.1) is 0 Å². The highest BCUT2D eigenvalue weighted by atomic mass is 16.7. The Balaban J connectivity index is -0.0000000600. The highest BCUT2D eigenvalue weighted by Gasteiger charge is 1.76. The first-order chi connectivity index (χ1) is 3.41. The van der Waals surface area contributed by atoms with E-state index in [0.29, 0.717) is 0 Å². The van der Waals surface area contributed by atoms with Crippen molar-refractivity contribution in [1.82, 2.24) is 0 Å². The predicted molar refractivity (Wildman–Crippen MR) is 45.3 cm³/mol. The van der Waals surface area contributed by atoms with Gasteiger partial charge in [0.25, 0.3) is 0 Å². The van der Waals surface area contributed by atoms with Crippen LogP contribution in [-0.4, -0.2) is 20.3 Å². The molecule has 4 nitrogen and oxygen atoms in total. The lowest BCUT2D eigenvalue weighted by Gasteiger charge is -1.97. The van der Waals surface area contributed by atoms with Crippen molar-refractivity contribution in [3.05, 3.63) is 0 Å². The summed E-state index contributed by atoms with van der Waals surface area (Å²) in [6.45, 7) is 0.549. The van der Waals surface area contributed by atoms with Crippen LogP contribution < -0.4 is 11.5 Å². The number of ether oxygens (including phenoxy) is 2. The minimum Gasteiger partial charge on any atom is -0.340 e. The lowest BCUT2D eigenvalue weighted by Crippen LogP contribution is -2.11. The Bertz CT molecular complexity index is 32.9. The molecule has 10 heavy (non-hydrogen) atoms. The van der Waals surface area contributed by atoms with E-state index in [1.54, 1.807) is 0 Å². The zero-order valence-electron chi connectivity index (χ0n) is 4.09. The van der Waals surface area contributed by atoms with E-state index in [9.17, 15) is 0 Å². The fraction of sp³-hybridized carbons (Fsp3) is 1.00. The summed E-state index contributed by atoms with van der Waals surface area (Å²) in [5, 5.41) is 0. The van der Waals surface area contributed by atoms with Gasteiger partial charge in [0, 0.05) is 0 Å². The second kappa shape index (κ2) is 23.2. The number of hydrogen-bond acceptors (Lipinski definition) is 4. The SMILES string of the molecule is C.C.C.NCOCOCN. The largest absolute Gasteiger partial charge is 0.340 e. The van der Waals surface area contributed by atoms with Gasteiger partial charge in [-0.15, -0.1) is 0 Å². The van der Waals surface area contributed by atoms with Crippen LogP contribution >= 0.6 is 0 Å². The van der Waals surface area contributed by atoms with Gasteiger partial charge in [0.1, 0.15) is 6.79 Å². The molecule has 0 heterocycles. The third-order valence-electron chi connectivity index (χ3n) is 0.402. The molecule has 0 fully saturated rings. The third kappa shape index (κ3) is 24.9. The summed E-state index contributed by atoms with van der Waals surface area (Å²) in [6.07, 6.45) is 0. The van der Waals surface area contributed by atoms with E-state index < -0.39 is 0 Å². The molecule has 0 bridgehead atoms. The predicted octanol–water partition coefficient (Wildman–Crippen LogP) is 0.718. The Hall–Kier alpha value is -0.160. The summed E-state index contributed by atoms with van der Waals surface area (Å²) >= 11 is 0. The van der Waals surface area contributed by atoms with Gasteiger partial charge in [-0.05, 0) is 0 Å². The summed E-state index contributed by atoms with van der Waals surface area (Å²) in [6, 6.07) is 0. The van der Waals surface area contributed by atoms with Crippen LogP contribution in [0.2, 0.25) is 0 Å². The molecule has 0 aromatic rings. The smallest absolute Gasteiger partial charge is 0.150 e. The minimum absolute atomic E-state index is 0. The van der Waals surface area contributed by atoms with Gasteiger partial charge in [-0.25, -0.2) is 0 Å². The average Bonchev–Trinajstić information content (AvgIpc) is 1.69. The van der Waals surface area contributed by atoms with Crippen molar-refractivity contribution in [2.24, 2.45) is 11.5 Å². The molecule has 0 aliphatic carbocycles. The normalized spacial score (nSPS) is 6.60. The Kier molecular flexibility index (Phi) is 52.3. The number of rotatable bonds is 4. The minimum atomic E-state index is 0. The lowest BCUT2D eigenvalue weighted by atomic mass is 11.2. The monoisotopic (exact) mass is 154 g/mol. The second-order valence-corrected chi connectivity index (χ2v) is 0.859. The van der Waals surface area contributed by atoms with E-state index in [-0.39, 0.29) is 42.5 Å². The molecule has 0 rings (SSSR count). The third-order valence-corrected chi connectivity index (χ3v) is 0.402. The first-order valence-electron chi connectivity index (χ1n) is 1.97. The molecular formula is C6H22N2O2. The highest BCUT2D eigenvalue weighted by Crippen LogP contribution is 1.67. The molecule has 0 atom stereocenters. The van der Waals surface area contributed by atoms with Crippen LogP contribution in [0.15, 0.2) is 0 Å². The molecule has 0 aliphatic rings. The summed E-state index contributed by atoms with van der Waals surface area (Å²) in [7, 11) is 0. The summed E-state index contributed by atoms with van der Waals surface area (Å²) < 4.78 is 9.10. The molecule has 68 valence electrons. The molecular weight excluding hydrogens is 132 g/mol. The fourth-order valence-corrected chi connectivity index (χ4v) is 0.155. The van der Waals surface area contributed by atoms with Gasteiger partial charge in [-0.1, -0.05) is 22.3 Å². The summed E-state index contributed by atoms with van der Waals surface area (Å²) in [5.74, 6) is 0. The van der Waals surface area contributed by atoms with Crippen molar-refractivity contribution >= 4 is 0 Å². The van der Waals surface area contributed by atoms with E-state index in [2.05, 4.69) is 9.47 Å². The van der Waals surface area contributed by atoms with Crippen molar-refractivity contribution in [2.45, 2.75) is 22.3 Å². The maximum Gasteiger partial charge on any atom is 0.150 e. The molecule has 0 unspecified atom stereocenters. The van der Waals surface area contributed by atoms with Crippen molar-refractivity contribution in [1.29, 1.82) is 0 Å². The van der Waals surface area contributed by atoms with E-state index in [1.807, 2.05) is 0 Å². The maximum atomic E-state index is 4.93. The fourth-order valence-electron chi connectivity index (χ4n) is 0.155. The number of nitrogens with two attached hydrogens (primary N) is 2. The molecule has 0 saturated heterocycles. The quantitative estimate of drug-likeness (QED) is 0.462. The van der Waals surface area contributed by atoms with Crippen LogP contribution in [0.3, 0.4) is 0 Å². The zero-order valence-corrected chi connectivity index (χ0v) is 4.09. The summed E-state index contributed by atoms with van der Waals surface area (Å²) in [5.41, 5.74) is 9.85. The lowest BCUT2D eigenvalue weighted by molar-refractivity contribution is -0.0494. The molecule has 0 saturated carbocycles. The Morgan fingerprint density at radius 1 is 0.800 bits per heavy atom. The molecule has 0 aliphatic heterocycles. The van der Waals surface area contributed by atoms with Crippen LogP contribution in [0.1, 0.15) is 22.3 Å². The molecule has 0 amide bonds. The van der Waals surface area contributed by atoms with Gasteiger partial charge in [0.05, 0.1) is 13.5 Å². The van der Waals surface area contributed by atoms with Gasteiger partial charge in [-0.2, -0.15) is 0 Å². The van der Waals surface area contributed by atoms with E-state index in [4.69, 9.17) is 11.5 Å². The zero-order chi connectivity index (χ0) is 5.54. The van der Waals surface area contributed by atoms with E-state index >= 15 is 0 Å². The highest BCUT2D eigenvalue weighted by molar-refractivity contribution is 4.04. The average molecular weight is 154 g/mol. The molecule has 4 heteroatoms. The Morgan fingerprint density at radius 2 is 1.10 bits per heavy atom. The van der Waals surface area contributed by atoms with Gasteiger partial charge >= 0.3 is 0 Å². The van der Waals surface area contributed by atoms with Crippen molar-refractivity contribution < 1.29 is 9.47 Å². The van der Waals surface area contributed by atoms with Crippen molar-refractivity contribution in [3.8, 4) is 0 Å². The van der Waals surface area contributed by atoms with Gasteiger partial charge < -0.3 is 20.9 Å². The molecule has 0 aromatic carbocycles. The molecule has 0 aromatic heterocycles. The van der Waals surface area contributed by atoms with Crippen LogP contribution in [0.5, 0.6) is 0 Å². The van der Waals surface area contributed by atoms with Gasteiger partial charge in [0.2, 0.25) is 0 Å².